The van der Waals surface area contributed by atoms with Crippen molar-refractivity contribution in [1.29, 1.82) is 0 Å². The average Bonchev–Trinajstić information content (AvgIpc) is 2.95. The van der Waals surface area contributed by atoms with Gasteiger partial charge < -0.3 is 5.73 Å². The summed E-state index contributed by atoms with van der Waals surface area (Å²) < 4.78 is 0. The average molecular weight is 296 g/mol. The maximum Gasteiger partial charge on any atom is 0.276 e. The van der Waals surface area contributed by atoms with Gasteiger partial charge in [0.2, 0.25) is 0 Å². The lowest BCUT2D eigenvalue weighted by atomic mass is 9.93. The molecular formula is C12H16N4OS2. The van der Waals surface area contributed by atoms with Crippen molar-refractivity contribution in [3.63, 3.8) is 0 Å². The van der Waals surface area contributed by atoms with Gasteiger partial charge in [0.1, 0.15) is 10.7 Å². The number of nitrogens with two attached hydrogens (primary N) is 1. The highest BCUT2D eigenvalue weighted by atomic mass is 32.1. The number of rotatable bonds is 3. The van der Waals surface area contributed by atoms with Crippen molar-refractivity contribution in [2.45, 2.75) is 32.7 Å². The second-order valence-corrected chi connectivity index (χ2v) is 6.87. The molecule has 0 unspecified atom stereocenters. The lowest BCUT2D eigenvalue weighted by Gasteiger charge is -2.14. The first kappa shape index (κ1) is 14.1. The third-order valence-electron chi connectivity index (χ3n) is 2.45. The van der Waals surface area contributed by atoms with Crippen molar-refractivity contribution in [3.05, 3.63) is 27.2 Å². The molecule has 0 aliphatic heterocycles. The molecule has 0 aliphatic rings. The number of anilines is 1. The number of amides is 1. The van der Waals surface area contributed by atoms with Crippen molar-refractivity contribution in [2.24, 2.45) is 5.73 Å². The maximum absolute atomic E-state index is 12.0. The quantitative estimate of drug-likeness (QED) is 0.912. The highest BCUT2D eigenvalue weighted by Gasteiger charge is 2.19. The number of hydrogen-bond donors (Lipinski definition) is 2. The molecule has 5 nitrogen and oxygen atoms in total. The van der Waals surface area contributed by atoms with Gasteiger partial charge in [-0.3, -0.25) is 10.1 Å². The van der Waals surface area contributed by atoms with E-state index in [1.54, 1.807) is 5.38 Å². The van der Waals surface area contributed by atoms with Gasteiger partial charge >= 0.3 is 0 Å². The summed E-state index contributed by atoms with van der Waals surface area (Å²) in [5.74, 6) is -0.245. The van der Waals surface area contributed by atoms with Gasteiger partial charge in [0.15, 0.2) is 5.13 Å². The monoisotopic (exact) mass is 296 g/mol. The van der Waals surface area contributed by atoms with Crippen LogP contribution in [-0.4, -0.2) is 15.9 Å². The van der Waals surface area contributed by atoms with Crippen LogP contribution >= 0.6 is 22.7 Å². The number of hydrogen-bond acceptors (Lipinski definition) is 6. The van der Waals surface area contributed by atoms with E-state index >= 15 is 0 Å². The molecule has 0 spiro atoms. The fourth-order valence-electron chi connectivity index (χ4n) is 1.35. The third-order valence-corrected chi connectivity index (χ3v) is 4.08. The van der Waals surface area contributed by atoms with Crippen LogP contribution in [0.3, 0.4) is 0 Å². The van der Waals surface area contributed by atoms with E-state index in [-0.39, 0.29) is 11.3 Å². The summed E-state index contributed by atoms with van der Waals surface area (Å²) in [5.41, 5.74) is 6.81. The topological polar surface area (TPSA) is 80.9 Å². The molecule has 2 aromatic heterocycles. The zero-order chi connectivity index (χ0) is 14.0. The lowest BCUT2D eigenvalue weighted by Crippen LogP contribution is -2.14. The van der Waals surface area contributed by atoms with Gasteiger partial charge in [0, 0.05) is 22.7 Å². The predicted octanol–water partition coefficient (Wildman–Crippen LogP) is 2.61. The molecule has 0 saturated heterocycles. The Morgan fingerprint density at radius 3 is 2.58 bits per heavy atom. The molecule has 0 bridgehead atoms. The summed E-state index contributed by atoms with van der Waals surface area (Å²) in [5, 5.41) is 7.77. The van der Waals surface area contributed by atoms with E-state index in [1.165, 1.54) is 22.7 Å². The largest absolute Gasteiger partial charge is 0.325 e. The Balaban J connectivity index is 2.09. The van der Waals surface area contributed by atoms with E-state index in [0.29, 0.717) is 17.4 Å². The molecule has 0 saturated carbocycles. The van der Waals surface area contributed by atoms with Gasteiger partial charge in [0.25, 0.3) is 5.91 Å². The van der Waals surface area contributed by atoms with Crippen LogP contribution < -0.4 is 11.1 Å². The van der Waals surface area contributed by atoms with Gasteiger partial charge in [-0.1, -0.05) is 20.8 Å². The summed E-state index contributed by atoms with van der Waals surface area (Å²) in [6.45, 7) is 6.61. The molecule has 2 rings (SSSR count). The van der Waals surface area contributed by atoms with Gasteiger partial charge in [-0.25, -0.2) is 9.97 Å². The van der Waals surface area contributed by atoms with E-state index in [1.807, 2.05) is 5.38 Å². The molecule has 0 aromatic carbocycles. The Morgan fingerprint density at radius 2 is 2.05 bits per heavy atom. The predicted molar refractivity (Wildman–Crippen MR) is 78.8 cm³/mol. The maximum atomic E-state index is 12.0. The highest BCUT2D eigenvalue weighted by Crippen LogP contribution is 2.26. The summed E-state index contributed by atoms with van der Waals surface area (Å²) in [4.78, 5) is 20.5. The minimum absolute atomic E-state index is 0.0210. The van der Waals surface area contributed by atoms with Gasteiger partial charge in [-0.15, -0.1) is 22.7 Å². The molecule has 0 aliphatic carbocycles. The van der Waals surface area contributed by atoms with E-state index in [4.69, 9.17) is 5.73 Å². The molecule has 2 aromatic rings. The van der Waals surface area contributed by atoms with E-state index in [0.717, 1.165) is 10.7 Å². The first-order valence-corrected chi connectivity index (χ1v) is 7.58. The normalized spacial score (nSPS) is 11.6. The van der Waals surface area contributed by atoms with Crippen LogP contribution in [0.2, 0.25) is 0 Å². The molecule has 102 valence electrons. The van der Waals surface area contributed by atoms with Crippen LogP contribution in [-0.2, 0) is 12.0 Å². The van der Waals surface area contributed by atoms with Crippen LogP contribution in [0.5, 0.6) is 0 Å². The van der Waals surface area contributed by atoms with E-state index in [9.17, 15) is 4.79 Å². The Bertz CT molecular complexity index is 583. The molecular weight excluding hydrogens is 280 g/mol. The smallest absolute Gasteiger partial charge is 0.276 e. The lowest BCUT2D eigenvalue weighted by molar-refractivity contribution is 0.102. The Hall–Kier alpha value is -1.31. The van der Waals surface area contributed by atoms with Crippen molar-refractivity contribution in [3.8, 4) is 0 Å². The second-order valence-electron chi connectivity index (χ2n) is 5.07. The van der Waals surface area contributed by atoms with Crippen LogP contribution in [0.15, 0.2) is 10.8 Å². The number of carbonyl (C=O) groups excluding carboxylic acids is 1. The summed E-state index contributed by atoms with van der Waals surface area (Å²) in [6, 6.07) is 0. The van der Waals surface area contributed by atoms with Crippen LogP contribution in [0.1, 0.15) is 42.0 Å². The third kappa shape index (κ3) is 3.37. The SMILES string of the molecule is CC(C)(C)c1csc(NC(=O)c2csc(CN)n2)n1. The Labute approximate surface area is 119 Å². The van der Waals surface area contributed by atoms with E-state index in [2.05, 4.69) is 36.1 Å². The van der Waals surface area contributed by atoms with Gasteiger partial charge in [-0.05, 0) is 0 Å². The molecule has 0 atom stereocenters. The second kappa shape index (κ2) is 5.36. The van der Waals surface area contributed by atoms with E-state index < -0.39 is 0 Å². The van der Waals surface area contributed by atoms with Crippen molar-refractivity contribution >= 4 is 33.7 Å². The van der Waals surface area contributed by atoms with Crippen molar-refractivity contribution < 1.29 is 4.79 Å². The summed E-state index contributed by atoms with van der Waals surface area (Å²) in [7, 11) is 0. The van der Waals surface area contributed by atoms with Crippen molar-refractivity contribution in [2.75, 3.05) is 5.32 Å². The zero-order valence-electron chi connectivity index (χ0n) is 11.1. The molecule has 7 heteroatoms. The Kier molecular flexibility index (Phi) is 3.98. The molecule has 19 heavy (non-hydrogen) atoms. The minimum atomic E-state index is -0.245. The first-order chi connectivity index (χ1) is 8.90. The number of thiazole rings is 2. The zero-order valence-corrected chi connectivity index (χ0v) is 12.7. The fourth-order valence-corrected chi connectivity index (χ4v) is 2.93. The number of nitrogens with one attached hydrogen (secondary N) is 1. The Morgan fingerprint density at radius 1 is 1.32 bits per heavy atom. The fraction of sp³-hybridized carbons (Fsp3) is 0.417. The molecule has 0 fully saturated rings. The number of nitrogens with zero attached hydrogens (tertiary/aromatic N) is 2. The number of aromatic nitrogens is 2. The highest BCUT2D eigenvalue weighted by molar-refractivity contribution is 7.14. The van der Waals surface area contributed by atoms with Crippen molar-refractivity contribution in [1.82, 2.24) is 9.97 Å². The van der Waals surface area contributed by atoms with Crippen LogP contribution in [0, 0.1) is 0 Å². The standard InChI is InChI=1S/C12H16N4OS2/c1-12(2,3)8-6-19-11(15-8)16-10(17)7-5-18-9(4-13)14-7/h5-6H,4,13H2,1-3H3,(H,15,16,17). The molecule has 2 heterocycles. The molecule has 0 radical (unpaired) electrons. The van der Waals surface area contributed by atoms with Gasteiger partial charge in [0.05, 0.1) is 5.69 Å². The first-order valence-electron chi connectivity index (χ1n) is 5.82. The molecule has 3 N–H and O–H groups in total. The van der Waals surface area contributed by atoms with Crippen LogP contribution in [0.25, 0.3) is 0 Å². The number of carbonyl (C=O) groups is 1. The molecule has 1 amide bonds. The summed E-state index contributed by atoms with van der Waals surface area (Å²) in [6.07, 6.45) is 0. The van der Waals surface area contributed by atoms with Gasteiger partial charge in [-0.2, -0.15) is 0 Å². The van der Waals surface area contributed by atoms with Crippen LogP contribution in [0.4, 0.5) is 5.13 Å². The minimum Gasteiger partial charge on any atom is -0.325 e. The summed E-state index contributed by atoms with van der Waals surface area (Å²) >= 11 is 2.80.